The molecule has 0 aliphatic heterocycles. The molecular formula is C4H7N3O3. The highest BCUT2D eigenvalue weighted by atomic mass is 16.2. The van der Waals surface area contributed by atoms with Gasteiger partial charge < -0.3 is 17.2 Å². The number of Topliss-reactive ketones (excluding diaryl/α,β-unsaturated/α-hetero) is 1. The summed E-state index contributed by atoms with van der Waals surface area (Å²) in [5.41, 5.74) is 13.9. The van der Waals surface area contributed by atoms with Crippen molar-refractivity contribution < 1.29 is 14.4 Å². The first-order valence-corrected chi connectivity index (χ1v) is 2.35. The topological polar surface area (TPSA) is 129 Å². The minimum absolute atomic E-state index is 1.07. The van der Waals surface area contributed by atoms with Gasteiger partial charge in [0.15, 0.2) is 6.04 Å². The molecule has 0 spiro atoms. The van der Waals surface area contributed by atoms with Gasteiger partial charge in [0.25, 0.3) is 5.91 Å². The first kappa shape index (κ1) is 8.57. The first-order chi connectivity index (χ1) is 4.46. The minimum atomic E-state index is -1.61. The van der Waals surface area contributed by atoms with Gasteiger partial charge in [-0.15, -0.1) is 0 Å². The summed E-state index contributed by atoms with van der Waals surface area (Å²) in [4.78, 5) is 30.5. The molecule has 0 fully saturated rings. The highest BCUT2D eigenvalue weighted by Gasteiger charge is 2.23. The van der Waals surface area contributed by atoms with Gasteiger partial charge in [-0.25, -0.2) is 0 Å². The molecule has 0 aromatic rings. The molecule has 6 nitrogen and oxygen atoms in total. The molecule has 0 radical (unpaired) electrons. The Labute approximate surface area is 56.3 Å². The van der Waals surface area contributed by atoms with E-state index in [0.29, 0.717) is 0 Å². The lowest BCUT2D eigenvalue weighted by Gasteiger charge is -2.00. The zero-order valence-electron chi connectivity index (χ0n) is 5.03. The van der Waals surface area contributed by atoms with E-state index in [1.54, 1.807) is 0 Å². The van der Waals surface area contributed by atoms with Gasteiger partial charge in [-0.2, -0.15) is 0 Å². The van der Waals surface area contributed by atoms with Crippen molar-refractivity contribution in [3.63, 3.8) is 0 Å². The van der Waals surface area contributed by atoms with Crippen LogP contribution in [0.3, 0.4) is 0 Å². The van der Waals surface area contributed by atoms with Crippen molar-refractivity contribution in [3.05, 3.63) is 0 Å². The summed E-state index contributed by atoms with van der Waals surface area (Å²) in [6.07, 6.45) is 0. The quantitative estimate of drug-likeness (QED) is 0.286. The number of hydrogen-bond acceptors (Lipinski definition) is 4. The van der Waals surface area contributed by atoms with Gasteiger partial charge in [0.1, 0.15) is 0 Å². The number of carbonyl (C=O) groups excluding carboxylic acids is 3. The molecule has 0 saturated heterocycles. The molecular weight excluding hydrogens is 138 g/mol. The predicted molar refractivity (Wildman–Crippen MR) is 31.4 cm³/mol. The normalized spacial score (nSPS) is 12.1. The van der Waals surface area contributed by atoms with E-state index < -0.39 is 23.6 Å². The standard InChI is InChI=1S/C4H7N3O3/c5-1(3(6)9)2(8)4(7)10/h1H,5H2,(H2,6,9)(H2,7,10). The summed E-state index contributed by atoms with van der Waals surface area (Å²) in [5, 5.41) is 0. The second-order valence-corrected chi connectivity index (χ2v) is 1.61. The average Bonchev–Trinajstić information content (AvgIpc) is 1.84. The van der Waals surface area contributed by atoms with Crippen molar-refractivity contribution in [1.29, 1.82) is 0 Å². The number of nitrogens with two attached hydrogens (primary N) is 3. The number of amides is 2. The van der Waals surface area contributed by atoms with Crippen LogP contribution in [0, 0.1) is 0 Å². The van der Waals surface area contributed by atoms with Crippen LogP contribution >= 0.6 is 0 Å². The van der Waals surface area contributed by atoms with E-state index in [9.17, 15) is 14.4 Å². The molecule has 0 rings (SSSR count). The van der Waals surface area contributed by atoms with Crippen LogP contribution in [-0.4, -0.2) is 23.6 Å². The van der Waals surface area contributed by atoms with Crippen molar-refractivity contribution in [2.45, 2.75) is 6.04 Å². The van der Waals surface area contributed by atoms with Crippen molar-refractivity contribution in [2.75, 3.05) is 0 Å². The number of primary amides is 2. The maximum atomic E-state index is 10.4. The van der Waals surface area contributed by atoms with Crippen LogP contribution in [0.2, 0.25) is 0 Å². The van der Waals surface area contributed by atoms with Crippen LogP contribution in [0.1, 0.15) is 0 Å². The maximum absolute atomic E-state index is 10.4. The molecule has 6 heteroatoms. The Morgan fingerprint density at radius 1 is 1.10 bits per heavy atom. The predicted octanol–water partition coefficient (Wildman–Crippen LogP) is -3.15. The second kappa shape index (κ2) is 2.92. The minimum Gasteiger partial charge on any atom is -0.368 e. The summed E-state index contributed by atoms with van der Waals surface area (Å²) in [5.74, 6) is -3.50. The third kappa shape index (κ3) is 1.82. The fourth-order valence-corrected chi connectivity index (χ4v) is 0.282. The number of hydrogen-bond donors (Lipinski definition) is 3. The maximum Gasteiger partial charge on any atom is 0.287 e. The Bertz CT molecular complexity index is 188. The SMILES string of the molecule is NC(=O)C(=O)C(N)C(N)=O. The van der Waals surface area contributed by atoms with E-state index in [2.05, 4.69) is 11.5 Å². The molecule has 0 bridgehead atoms. The van der Waals surface area contributed by atoms with E-state index in [1.807, 2.05) is 0 Å². The third-order valence-electron chi connectivity index (χ3n) is 0.832. The van der Waals surface area contributed by atoms with Gasteiger partial charge >= 0.3 is 0 Å². The first-order valence-electron chi connectivity index (χ1n) is 2.35. The van der Waals surface area contributed by atoms with E-state index in [1.165, 1.54) is 0 Å². The van der Waals surface area contributed by atoms with E-state index in [4.69, 9.17) is 5.73 Å². The Morgan fingerprint density at radius 2 is 1.50 bits per heavy atom. The molecule has 1 atom stereocenters. The van der Waals surface area contributed by atoms with Gasteiger partial charge in [0.05, 0.1) is 0 Å². The Morgan fingerprint density at radius 3 is 1.60 bits per heavy atom. The Balaban J connectivity index is 4.22. The monoisotopic (exact) mass is 145 g/mol. The molecule has 0 aromatic carbocycles. The molecule has 0 saturated carbocycles. The summed E-state index contributed by atoms with van der Waals surface area (Å²) in [7, 11) is 0. The van der Waals surface area contributed by atoms with Crippen molar-refractivity contribution in [2.24, 2.45) is 17.2 Å². The highest BCUT2D eigenvalue weighted by molar-refractivity contribution is 6.41. The lowest BCUT2D eigenvalue weighted by molar-refractivity contribution is -0.139. The van der Waals surface area contributed by atoms with Gasteiger partial charge in [0, 0.05) is 0 Å². The number of ketones is 1. The van der Waals surface area contributed by atoms with Gasteiger partial charge in [0.2, 0.25) is 11.7 Å². The molecule has 1 unspecified atom stereocenters. The Kier molecular flexibility index (Phi) is 2.51. The lowest BCUT2D eigenvalue weighted by atomic mass is 10.2. The average molecular weight is 145 g/mol. The van der Waals surface area contributed by atoms with Gasteiger partial charge in [-0.1, -0.05) is 0 Å². The summed E-state index contributed by atoms with van der Waals surface area (Å²) in [6.45, 7) is 0. The lowest BCUT2D eigenvalue weighted by Crippen LogP contribution is -2.48. The molecule has 0 aliphatic rings. The summed E-state index contributed by atoms with van der Waals surface area (Å²) < 4.78 is 0. The fraction of sp³-hybridized carbons (Fsp3) is 0.250. The second-order valence-electron chi connectivity index (χ2n) is 1.61. The summed E-state index contributed by atoms with van der Waals surface area (Å²) in [6, 6.07) is -1.61. The molecule has 6 N–H and O–H groups in total. The number of carbonyl (C=O) groups is 3. The van der Waals surface area contributed by atoms with Crippen LogP contribution < -0.4 is 17.2 Å². The van der Waals surface area contributed by atoms with Crippen molar-refractivity contribution in [3.8, 4) is 0 Å². The highest BCUT2D eigenvalue weighted by Crippen LogP contribution is 1.77. The molecule has 0 heterocycles. The summed E-state index contributed by atoms with van der Waals surface area (Å²) >= 11 is 0. The van der Waals surface area contributed by atoms with Crippen LogP contribution in [-0.2, 0) is 14.4 Å². The molecule has 56 valence electrons. The fourth-order valence-electron chi connectivity index (χ4n) is 0.282. The molecule has 0 aliphatic carbocycles. The Hall–Kier alpha value is -1.43. The third-order valence-corrected chi connectivity index (χ3v) is 0.832. The van der Waals surface area contributed by atoms with Gasteiger partial charge in [-0.05, 0) is 0 Å². The smallest absolute Gasteiger partial charge is 0.287 e. The zero-order valence-corrected chi connectivity index (χ0v) is 5.03. The van der Waals surface area contributed by atoms with Crippen LogP contribution in [0.15, 0.2) is 0 Å². The zero-order chi connectivity index (χ0) is 8.31. The van der Waals surface area contributed by atoms with E-state index >= 15 is 0 Å². The number of rotatable bonds is 3. The molecule has 2 amide bonds. The van der Waals surface area contributed by atoms with E-state index in [0.717, 1.165) is 0 Å². The van der Waals surface area contributed by atoms with Crippen molar-refractivity contribution >= 4 is 17.6 Å². The van der Waals surface area contributed by atoms with E-state index in [-0.39, 0.29) is 0 Å². The largest absolute Gasteiger partial charge is 0.368 e. The van der Waals surface area contributed by atoms with Crippen LogP contribution in [0.5, 0.6) is 0 Å². The van der Waals surface area contributed by atoms with Crippen molar-refractivity contribution in [1.82, 2.24) is 0 Å². The van der Waals surface area contributed by atoms with Crippen LogP contribution in [0.25, 0.3) is 0 Å². The molecule has 10 heavy (non-hydrogen) atoms. The van der Waals surface area contributed by atoms with Gasteiger partial charge in [-0.3, -0.25) is 14.4 Å². The molecule has 0 aromatic heterocycles. The van der Waals surface area contributed by atoms with Crippen LogP contribution in [0.4, 0.5) is 0 Å².